The molecule has 3 aromatic carbocycles. The van der Waals surface area contributed by atoms with Crippen molar-refractivity contribution < 1.29 is 17.5 Å². The Balaban J connectivity index is 1.32. The fourth-order valence-corrected chi connectivity index (χ4v) is 9.56. The molecule has 0 amide bonds. The molecule has 4 heterocycles. The molecule has 0 spiro atoms. The quantitative estimate of drug-likeness (QED) is 0.0952. The minimum absolute atomic E-state index is 0.0577. The smallest absolute Gasteiger partial charge is 0.404 e. The van der Waals surface area contributed by atoms with Crippen LogP contribution in [0.4, 0.5) is 0 Å². The Labute approximate surface area is 311 Å². The number of hydrogen-bond donors (Lipinski definition) is 0. The molecule has 0 saturated carbocycles. The Kier molecular flexibility index (Phi) is 10.3. The number of rotatable bonds is 11. The zero-order valence-electron chi connectivity index (χ0n) is 29.2. The summed E-state index contributed by atoms with van der Waals surface area (Å²) in [5, 5.41) is 1.05. The van der Waals surface area contributed by atoms with Crippen LogP contribution in [0.1, 0.15) is 49.2 Å². The van der Waals surface area contributed by atoms with Crippen LogP contribution in [-0.2, 0) is 23.2 Å². The molecule has 1 aliphatic heterocycles. The van der Waals surface area contributed by atoms with Crippen molar-refractivity contribution >= 4 is 72.8 Å². The first-order chi connectivity index (χ1) is 25.2. The molecule has 3 aromatic heterocycles. The van der Waals surface area contributed by atoms with E-state index in [4.69, 9.17) is 4.98 Å². The summed E-state index contributed by atoms with van der Waals surface area (Å²) in [5.41, 5.74) is 7.01. The summed E-state index contributed by atoms with van der Waals surface area (Å²) in [6, 6.07) is 30.8. The molecule has 0 atom stereocenters. The van der Waals surface area contributed by atoms with E-state index in [1.807, 2.05) is 62.4 Å². The lowest BCUT2D eigenvalue weighted by Gasteiger charge is -2.21. The number of fused-ring (bicyclic) bond motifs is 3. The lowest BCUT2D eigenvalue weighted by Crippen LogP contribution is -2.41. The van der Waals surface area contributed by atoms with Gasteiger partial charge in [0.25, 0.3) is 5.56 Å². The topological polar surface area (TPSA) is 104 Å². The Morgan fingerprint density at radius 1 is 0.885 bits per heavy atom. The van der Waals surface area contributed by atoms with Gasteiger partial charge in [-0.2, -0.15) is 4.40 Å². The molecule has 12 heteroatoms. The molecule has 0 radical (unpaired) electrons. The summed E-state index contributed by atoms with van der Waals surface area (Å²) in [6.45, 7) is 7.85. The van der Waals surface area contributed by atoms with Gasteiger partial charge in [0.2, 0.25) is 0 Å². The molecule has 0 fully saturated rings. The Morgan fingerprint density at radius 2 is 1.58 bits per heavy atom. The minimum Gasteiger partial charge on any atom is -0.748 e. The maximum atomic E-state index is 13.9. The van der Waals surface area contributed by atoms with E-state index in [9.17, 15) is 17.8 Å². The molecule has 266 valence electrons. The van der Waals surface area contributed by atoms with Crippen LogP contribution in [0.5, 0.6) is 0 Å². The monoisotopic (exact) mass is 749 g/mol. The van der Waals surface area contributed by atoms with Crippen molar-refractivity contribution in [3.63, 3.8) is 0 Å². The number of nitrogens with zero attached hydrogens (tertiary/aromatic N) is 5. The van der Waals surface area contributed by atoms with Crippen molar-refractivity contribution in [2.24, 2.45) is 0 Å². The number of imidazole rings is 1. The van der Waals surface area contributed by atoms with Crippen LogP contribution in [0.15, 0.2) is 107 Å². The van der Waals surface area contributed by atoms with Crippen LogP contribution in [0.25, 0.3) is 39.6 Å². The van der Waals surface area contributed by atoms with E-state index < -0.39 is 15.9 Å². The highest BCUT2D eigenvalue weighted by Crippen LogP contribution is 2.50. The molecule has 0 bridgehead atoms. The lowest BCUT2D eigenvalue weighted by atomic mass is 10.1. The highest BCUT2D eigenvalue weighted by Gasteiger charge is 2.29. The SMILES string of the molecule is CCN1C(=CC=c2sc(=Cc3cc(C)n4c5ccccc5nc4[n+]3CCCCS(=O)(=O)[O-])n(CC)c2=O)SC(c2ccccc2)=C1c1ccccc1. The molecule has 7 rings (SSSR count). The van der Waals surface area contributed by atoms with Gasteiger partial charge in [0.15, 0.2) is 5.52 Å². The maximum Gasteiger partial charge on any atom is 0.404 e. The Hall–Kier alpha value is -4.75. The number of thioether (sulfide) groups is 1. The second kappa shape index (κ2) is 15.1. The van der Waals surface area contributed by atoms with Crippen LogP contribution < -0.4 is 19.3 Å². The van der Waals surface area contributed by atoms with Crippen molar-refractivity contribution in [3.05, 3.63) is 144 Å². The second-order valence-corrected chi connectivity index (χ2v) is 16.1. The van der Waals surface area contributed by atoms with Crippen molar-refractivity contribution in [1.82, 2.24) is 18.9 Å². The average molecular weight is 750 g/mol. The normalized spacial score (nSPS) is 15.3. The summed E-state index contributed by atoms with van der Waals surface area (Å²) in [4.78, 5) is 22.3. The minimum atomic E-state index is -4.31. The van der Waals surface area contributed by atoms with Gasteiger partial charge in [-0.25, -0.2) is 13.0 Å². The molecule has 0 N–H and O–H groups in total. The number of benzene rings is 3. The fraction of sp³-hybridized carbons (Fsp3) is 0.225. The van der Waals surface area contributed by atoms with Crippen molar-refractivity contribution in [1.29, 1.82) is 0 Å². The number of thiazole rings is 1. The molecule has 52 heavy (non-hydrogen) atoms. The first kappa shape index (κ1) is 35.6. The number of allylic oxidation sites excluding steroid dienone is 1. The van der Waals surface area contributed by atoms with Crippen molar-refractivity contribution in [3.8, 4) is 0 Å². The molecule has 6 aromatic rings. The van der Waals surface area contributed by atoms with Crippen molar-refractivity contribution in [2.45, 2.75) is 46.7 Å². The van der Waals surface area contributed by atoms with Crippen LogP contribution in [0.2, 0.25) is 0 Å². The van der Waals surface area contributed by atoms with Gasteiger partial charge in [-0.1, -0.05) is 89.5 Å². The molecular formula is C40H39N5O4S3. The third-order valence-corrected chi connectivity index (χ3v) is 12.2. The number of unbranched alkanes of at least 4 members (excludes halogenated alkanes) is 1. The number of hydrogen-bond acceptors (Lipinski definition) is 8. The van der Waals surface area contributed by atoms with E-state index in [1.54, 1.807) is 16.3 Å². The van der Waals surface area contributed by atoms with Crippen LogP contribution in [-0.4, -0.2) is 44.1 Å². The highest BCUT2D eigenvalue weighted by atomic mass is 32.2. The predicted octanol–water partition coefficient (Wildman–Crippen LogP) is 5.70. The summed E-state index contributed by atoms with van der Waals surface area (Å²) in [7, 11) is -4.31. The first-order valence-electron chi connectivity index (χ1n) is 17.3. The van der Waals surface area contributed by atoms with Gasteiger partial charge in [0.05, 0.1) is 37.6 Å². The molecule has 0 saturated heterocycles. The fourth-order valence-electron chi connectivity index (χ4n) is 6.69. The third-order valence-electron chi connectivity index (χ3n) is 9.09. The molecule has 9 nitrogen and oxygen atoms in total. The van der Waals surface area contributed by atoms with E-state index in [1.165, 1.54) is 16.2 Å². The zero-order valence-corrected chi connectivity index (χ0v) is 31.7. The van der Waals surface area contributed by atoms with Crippen LogP contribution >= 0.6 is 23.1 Å². The second-order valence-electron chi connectivity index (χ2n) is 12.5. The number of aromatic nitrogens is 4. The third kappa shape index (κ3) is 7.16. The Bertz CT molecular complexity index is 2640. The van der Waals surface area contributed by atoms with E-state index in [0.717, 1.165) is 55.5 Å². The van der Waals surface area contributed by atoms with Gasteiger partial charge < -0.3 is 9.45 Å². The first-order valence-corrected chi connectivity index (χ1v) is 20.6. The zero-order chi connectivity index (χ0) is 36.4. The summed E-state index contributed by atoms with van der Waals surface area (Å²) in [6.07, 6.45) is 6.72. The lowest BCUT2D eigenvalue weighted by molar-refractivity contribution is -0.678. The summed E-state index contributed by atoms with van der Waals surface area (Å²) < 4.78 is 41.4. The predicted molar refractivity (Wildman–Crippen MR) is 211 cm³/mol. The highest BCUT2D eigenvalue weighted by molar-refractivity contribution is 8.12. The van der Waals surface area contributed by atoms with Crippen LogP contribution in [0.3, 0.4) is 0 Å². The van der Waals surface area contributed by atoms with Gasteiger partial charge in [-0.3, -0.25) is 9.36 Å². The Morgan fingerprint density at radius 3 is 2.27 bits per heavy atom. The molecule has 0 unspecified atom stereocenters. The molecule has 1 aliphatic rings. The van der Waals surface area contributed by atoms with Crippen molar-refractivity contribution in [2.75, 3.05) is 12.3 Å². The molecular weight excluding hydrogens is 711 g/mol. The van der Waals surface area contributed by atoms with Gasteiger partial charge in [-0.05, 0) is 69.0 Å². The van der Waals surface area contributed by atoms with Gasteiger partial charge >= 0.3 is 5.78 Å². The van der Waals surface area contributed by atoms with Gasteiger partial charge in [0, 0.05) is 35.9 Å². The standard InChI is InChI=1S/C40H39N5O4S3/c1-4-42-35(51-38(30-18-10-7-11-19-30)37(42)29-16-8-6-9-17-29)23-22-34-39(46)43(5-2)36(50-34)27-31-26-28(3)45-33-21-13-12-20-32(33)41-40(45)44(31)24-14-15-25-52(47,48)49/h6-13,16-23,26-27H,4-5,14-15,24-25H2,1-3H3. The van der Waals surface area contributed by atoms with Crippen LogP contribution in [0, 0.1) is 6.92 Å². The van der Waals surface area contributed by atoms with Gasteiger partial charge in [0.1, 0.15) is 15.9 Å². The number of aryl methyl sites for hydroxylation is 2. The summed E-state index contributed by atoms with van der Waals surface area (Å²) >= 11 is 3.16. The van der Waals surface area contributed by atoms with E-state index in [2.05, 4.69) is 81.5 Å². The molecule has 0 aliphatic carbocycles. The average Bonchev–Trinajstić information content (AvgIpc) is 3.81. The maximum absolute atomic E-state index is 13.9. The van der Waals surface area contributed by atoms with E-state index in [0.29, 0.717) is 29.8 Å². The largest absolute Gasteiger partial charge is 0.748 e. The van der Waals surface area contributed by atoms with Gasteiger partial charge in [-0.15, -0.1) is 11.3 Å². The van der Waals surface area contributed by atoms with E-state index in [-0.39, 0.29) is 12.0 Å². The number of para-hydroxylation sites is 2. The summed E-state index contributed by atoms with van der Waals surface area (Å²) in [5.74, 6) is 0.299. The van der Waals surface area contributed by atoms with E-state index >= 15 is 0 Å².